The molecular weight excluding hydrogens is 306 g/mol. The third-order valence-corrected chi connectivity index (χ3v) is 4.03. The van der Waals surface area contributed by atoms with Gasteiger partial charge in [0.1, 0.15) is 6.10 Å². The predicted octanol–water partition coefficient (Wildman–Crippen LogP) is 2.79. The summed E-state index contributed by atoms with van der Waals surface area (Å²) in [5, 5.41) is 4.00. The fraction of sp³-hybridized carbons (Fsp3) is 0.500. The number of hydrogen-bond donors (Lipinski definition) is 0. The molecule has 0 saturated carbocycles. The number of morpholine rings is 1. The quantitative estimate of drug-likeness (QED) is 0.863. The largest absolute Gasteiger partial charge is 0.370 e. The molecule has 1 aliphatic heterocycles. The van der Waals surface area contributed by atoms with E-state index >= 15 is 0 Å². The summed E-state index contributed by atoms with van der Waals surface area (Å²) in [4.78, 5) is 18.6. The molecule has 0 bridgehead atoms. The van der Waals surface area contributed by atoms with Crippen LogP contribution in [0.1, 0.15) is 47.5 Å². The van der Waals surface area contributed by atoms with Gasteiger partial charge in [-0.3, -0.25) is 9.78 Å². The molecule has 6 nitrogen and oxygen atoms in total. The van der Waals surface area contributed by atoms with Gasteiger partial charge < -0.3 is 14.2 Å². The smallest absolute Gasteiger partial charge is 0.292 e. The van der Waals surface area contributed by atoms with Gasteiger partial charge in [0.05, 0.1) is 18.8 Å². The van der Waals surface area contributed by atoms with Crippen LogP contribution in [0.15, 0.2) is 28.9 Å². The average Bonchev–Trinajstić information content (AvgIpc) is 3.02. The number of nitrogens with zero attached hydrogens (tertiary/aromatic N) is 3. The molecule has 0 spiro atoms. The first-order valence-electron chi connectivity index (χ1n) is 8.32. The molecule has 1 fully saturated rings. The summed E-state index contributed by atoms with van der Waals surface area (Å²) < 4.78 is 11.1. The van der Waals surface area contributed by atoms with Crippen molar-refractivity contribution in [3.05, 3.63) is 47.1 Å². The molecule has 1 saturated heterocycles. The van der Waals surface area contributed by atoms with E-state index in [0.29, 0.717) is 31.4 Å². The number of pyridine rings is 1. The zero-order valence-corrected chi connectivity index (χ0v) is 14.4. The Hall–Kier alpha value is -2.21. The van der Waals surface area contributed by atoms with Gasteiger partial charge in [-0.05, 0) is 37.0 Å². The van der Waals surface area contributed by atoms with Crippen LogP contribution < -0.4 is 0 Å². The van der Waals surface area contributed by atoms with Gasteiger partial charge in [0, 0.05) is 24.5 Å². The minimum Gasteiger partial charge on any atom is -0.370 e. The second-order valence-electron chi connectivity index (χ2n) is 6.62. The minimum absolute atomic E-state index is 0.128. The molecule has 3 rings (SSSR count). The molecule has 2 aromatic rings. The zero-order valence-electron chi connectivity index (χ0n) is 14.4. The molecule has 0 aromatic carbocycles. The van der Waals surface area contributed by atoms with E-state index in [-0.39, 0.29) is 12.0 Å². The standard InChI is InChI=1S/C18H23N3O3/c1-12(2)8-15-10-16(24-20-15)18(22)21-6-7-23-17(11-21)14-4-5-19-13(3)9-14/h4-5,9-10,12,17H,6-8,11H2,1-3H3/t17-/m0/s1. The van der Waals surface area contributed by atoms with Gasteiger partial charge in [0.15, 0.2) is 0 Å². The van der Waals surface area contributed by atoms with E-state index < -0.39 is 0 Å². The van der Waals surface area contributed by atoms with Gasteiger partial charge in [-0.15, -0.1) is 0 Å². The van der Waals surface area contributed by atoms with E-state index in [1.54, 1.807) is 17.2 Å². The Balaban J connectivity index is 1.70. The van der Waals surface area contributed by atoms with Crippen LogP contribution in [0.5, 0.6) is 0 Å². The van der Waals surface area contributed by atoms with E-state index in [9.17, 15) is 4.79 Å². The van der Waals surface area contributed by atoms with Crippen molar-refractivity contribution in [1.29, 1.82) is 0 Å². The van der Waals surface area contributed by atoms with Crippen molar-refractivity contribution in [3.8, 4) is 0 Å². The maximum absolute atomic E-state index is 12.7. The predicted molar refractivity (Wildman–Crippen MR) is 88.6 cm³/mol. The maximum Gasteiger partial charge on any atom is 0.292 e. The number of aromatic nitrogens is 2. The highest BCUT2D eigenvalue weighted by atomic mass is 16.5. The van der Waals surface area contributed by atoms with E-state index in [0.717, 1.165) is 23.4 Å². The summed E-state index contributed by atoms with van der Waals surface area (Å²) >= 11 is 0. The lowest BCUT2D eigenvalue weighted by Crippen LogP contribution is -2.42. The normalized spacial score (nSPS) is 18.2. The topological polar surface area (TPSA) is 68.5 Å². The number of carbonyl (C=O) groups is 1. The molecule has 0 N–H and O–H groups in total. The van der Waals surface area contributed by atoms with Crippen molar-refractivity contribution in [3.63, 3.8) is 0 Å². The average molecular weight is 329 g/mol. The molecule has 1 aliphatic rings. The lowest BCUT2D eigenvalue weighted by Gasteiger charge is -2.32. The Morgan fingerprint density at radius 3 is 3.00 bits per heavy atom. The van der Waals surface area contributed by atoms with Gasteiger partial charge in [0.25, 0.3) is 5.91 Å². The summed E-state index contributed by atoms with van der Waals surface area (Å²) in [5.74, 6) is 0.648. The number of rotatable bonds is 4. The van der Waals surface area contributed by atoms with Crippen molar-refractivity contribution in [2.24, 2.45) is 5.92 Å². The first kappa shape index (κ1) is 16.6. The number of ether oxygens (including phenoxy) is 1. The van der Waals surface area contributed by atoms with Crippen LogP contribution in [0.25, 0.3) is 0 Å². The van der Waals surface area contributed by atoms with Crippen molar-refractivity contribution < 1.29 is 14.1 Å². The van der Waals surface area contributed by atoms with Gasteiger partial charge in [-0.2, -0.15) is 0 Å². The number of aryl methyl sites for hydroxylation is 1. The van der Waals surface area contributed by atoms with E-state index in [4.69, 9.17) is 9.26 Å². The Kier molecular flexibility index (Phi) is 4.94. The Bertz CT molecular complexity index is 711. The highest BCUT2D eigenvalue weighted by Crippen LogP contribution is 2.23. The Labute approximate surface area is 141 Å². The molecule has 128 valence electrons. The second kappa shape index (κ2) is 7.13. The third-order valence-electron chi connectivity index (χ3n) is 4.03. The van der Waals surface area contributed by atoms with Crippen LogP contribution in [0.2, 0.25) is 0 Å². The fourth-order valence-corrected chi connectivity index (χ4v) is 2.89. The Morgan fingerprint density at radius 1 is 1.42 bits per heavy atom. The van der Waals surface area contributed by atoms with E-state index in [1.807, 2.05) is 19.1 Å². The summed E-state index contributed by atoms with van der Waals surface area (Å²) in [5.41, 5.74) is 2.80. The van der Waals surface area contributed by atoms with Crippen molar-refractivity contribution >= 4 is 5.91 Å². The minimum atomic E-state index is -0.137. The van der Waals surface area contributed by atoms with Gasteiger partial charge in [0.2, 0.25) is 5.76 Å². The van der Waals surface area contributed by atoms with Crippen LogP contribution in [0.4, 0.5) is 0 Å². The molecule has 0 aliphatic carbocycles. The van der Waals surface area contributed by atoms with Crippen LogP contribution >= 0.6 is 0 Å². The molecule has 1 atom stereocenters. The van der Waals surface area contributed by atoms with Crippen molar-refractivity contribution in [1.82, 2.24) is 15.0 Å². The monoisotopic (exact) mass is 329 g/mol. The first-order chi connectivity index (χ1) is 11.5. The lowest BCUT2D eigenvalue weighted by atomic mass is 10.1. The lowest BCUT2D eigenvalue weighted by molar-refractivity contribution is -0.0240. The van der Waals surface area contributed by atoms with Crippen LogP contribution in [-0.2, 0) is 11.2 Å². The molecule has 2 aromatic heterocycles. The van der Waals surface area contributed by atoms with Crippen LogP contribution in [0.3, 0.4) is 0 Å². The summed E-state index contributed by atoms with van der Waals surface area (Å²) in [6.07, 6.45) is 2.44. The van der Waals surface area contributed by atoms with Gasteiger partial charge in [-0.25, -0.2) is 0 Å². The molecule has 24 heavy (non-hydrogen) atoms. The molecule has 6 heteroatoms. The number of hydrogen-bond acceptors (Lipinski definition) is 5. The fourth-order valence-electron chi connectivity index (χ4n) is 2.89. The molecule has 0 unspecified atom stereocenters. The van der Waals surface area contributed by atoms with E-state index in [2.05, 4.69) is 24.0 Å². The molecule has 3 heterocycles. The second-order valence-corrected chi connectivity index (χ2v) is 6.62. The third kappa shape index (κ3) is 3.82. The zero-order chi connectivity index (χ0) is 17.1. The van der Waals surface area contributed by atoms with Crippen molar-refractivity contribution in [2.75, 3.05) is 19.7 Å². The van der Waals surface area contributed by atoms with E-state index in [1.165, 1.54) is 0 Å². The molecule has 0 radical (unpaired) electrons. The maximum atomic E-state index is 12.7. The summed E-state index contributed by atoms with van der Waals surface area (Å²) in [7, 11) is 0. The van der Waals surface area contributed by atoms with Crippen LogP contribution in [0, 0.1) is 12.8 Å². The highest BCUT2D eigenvalue weighted by molar-refractivity contribution is 5.91. The summed E-state index contributed by atoms with van der Waals surface area (Å²) in [6, 6.07) is 5.68. The Morgan fingerprint density at radius 2 is 2.25 bits per heavy atom. The SMILES string of the molecule is Cc1cc([C@@H]2CN(C(=O)c3cc(CC(C)C)no3)CCO2)ccn1. The number of amides is 1. The van der Waals surface area contributed by atoms with Gasteiger partial charge in [-0.1, -0.05) is 19.0 Å². The summed E-state index contributed by atoms with van der Waals surface area (Å²) in [6.45, 7) is 7.73. The number of carbonyl (C=O) groups excluding carboxylic acids is 1. The molecular formula is C18H23N3O3. The van der Waals surface area contributed by atoms with Crippen molar-refractivity contribution in [2.45, 2.75) is 33.3 Å². The highest BCUT2D eigenvalue weighted by Gasteiger charge is 2.28. The molecule has 1 amide bonds. The first-order valence-corrected chi connectivity index (χ1v) is 8.32. The van der Waals surface area contributed by atoms with Gasteiger partial charge >= 0.3 is 0 Å². The van der Waals surface area contributed by atoms with Crippen LogP contribution in [-0.4, -0.2) is 40.6 Å².